The van der Waals surface area contributed by atoms with E-state index in [2.05, 4.69) is 21.2 Å². The zero-order chi connectivity index (χ0) is 12.3. The van der Waals surface area contributed by atoms with Gasteiger partial charge in [0.25, 0.3) is 5.91 Å². The molecule has 0 aliphatic heterocycles. The van der Waals surface area contributed by atoms with E-state index in [9.17, 15) is 9.18 Å². The first kappa shape index (κ1) is 12.6. The van der Waals surface area contributed by atoms with Crippen LogP contribution < -0.4 is 5.32 Å². The predicted octanol–water partition coefficient (Wildman–Crippen LogP) is 3.26. The highest BCUT2D eigenvalue weighted by atomic mass is 79.9. The van der Waals surface area contributed by atoms with Crippen LogP contribution in [0.4, 0.5) is 4.39 Å². The second kappa shape index (κ2) is 5.17. The summed E-state index contributed by atoms with van der Waals surface area (Å²) in [6.07, 6.45) is 4.31. The van der Waals surface area contributed by atoms with Gasteiger partial charge in [0.15, 0.2) is 0 Å². The van der Waals surface area contributed by atoms with Crippen LogP contribution in [-0.4, -0.2) is 16.8 Å². The van der Waals surface area contributed by atoms with E-state index in [-0.39, 0.29) is 17.3 Å². The smallest absolute Gasteiger partial charge is 0.251 e. The Morgan fingerprint density at radius 1 is 1.29 bits per heavy atom. The van der Waals surface area contributed by atoms with E-state index in [1.54, 1.807) is 0 Å². The fourth-order valence-electron chi connectivity index (χ4n) is 2.26. The van der Waals surface area contributed by atoms with Gasteiger partial charge in [-0.3, -0.25) is 4.79 Å². The lowest BCUT2D eigenvalue weighted by atomic mass is 10.00. The van der Waals surface area contributed by atoms with E-state index in [0.717, 1.165) is 31.0 Å². The standard InChI is InChI=1S/C13H15BrFNO/c14-9-13(7-1-2-8-13)16-12(17)10-3-5-11(15)6-4-10/h3-6H,1-2,7-9H2,(H,16,17). The molecule has 0 heterocycles. The van der Waals surface area contributed by atoms with Crippen molar-refractivity contribution in [3.05, 3.63) is 35.6 Å². The summed E-state index contributed by atoms with van der Waals surface area (Å²) >= 11 is 3.47. The topological polar surface area (TPSA) is 29.1 Å². The Morgan fingerprint density at radius 3 is 2.41 bits per heavy atom. The van der Waals surface area contributed by atoms with Gasteiger partial charge in [0.1, 0.15) is 5.82 Å². The Morgan fingerprint density at radius 2 is 1.88 bits per heavy atom. The van der Waals surface area contributed by atoms with E-state index in [4.69, 9.17) is 0 Å². The van der Waals surface area contributed by atoms with E-state index in [0.29, 0.717) is 5.56 Å². The van der Waals surface area contributed by atoms with Gasteiger partial charge in [-0.25, -0.2) is 4.39 Å². The van der Waals surface area contributed by atoms with Crippen molar-refractivity contribution in [2.45, 2.75) is 31.2 Å². The molecular weight excluding hydrogens is 285 g/mol. The number of nitrogens with one attached hydrogen (secondary N) is 1. The number of carbonyl (C=O) groups excluding carboxylic acids is 1. The SMILES string of the molecule is O=C(NC1(CBr)CCCC1)c1ccc(F)cc1. The molecule has 1 saturated carbocycles. The van der Waals surface area contributed by atoms with Crippen LogP contribution in [0.2, 0.25) is 0 Å². The molecule has 0 aromatic heterocycles. The van der Waals surface area contributed by atoms with Crippen LogP contribution in [0, 0.1) is 5.82 Å². The van der Waals surface area contributed by atoms with Crippen molar-refractivity contribution in [3.8, 4) is 0 Å². The van der Waals surface area contributed by atoms with Gasteiger partial charge >= 0.3 is 0 Å². The summed E-state index contributed by atoms with van der Waals surface area (Å²) in [6, 6.07) is 5.65. The maximum atomic E-state index is 12.8. The Hall–Kier alpha value is -0.900. The zero-order valence-electron chi connectivity index (χ0n) is 9.51. The normalized spacial score (nSPS) is 18.0. The monoisotopic (exact) mass is 299 g/mol. The largest absolute Gasteiger partial charge is 0.346 e. The molecule has 2 rings (SSSR count). The number of amides is 1. The molecule has 0 bridgehead atoms. The minimum absolute atomic E-state index is 0.119. The minimum atomic E-state index is -0.322. The van der Waals surface area contributed by atoms with Crippen molar-refractivity contribution in [2.75, 3.05) is 5.33 Å². The van der Waals surface area contributed by atoms with Gasteiger partial charge in [-0.2, -0.15) is 0 Å². The zero-order valence-corrected chi connectivity index (χ0v) is 11.1. The molecule has 4 heteroatoms. The maximum absolute atomic E-state index is 12.8. The van der Waals surface area contributed by atoms with Gasteiger partial charge in [0.05, 0.1) is 5.54 Å². The van der Waals surface area contributed by atoms with Crippen molar-refractivity contribution < 1.29 is 9.18 Å². The fraction of sp³-hybridized carbons (Fsp3) is 0.462. The lowest BCUT2D eigenvalue weighted by Crippen LogP contribution is -2.47. The van der Waals surface area contributed by atoms with Crippen molar-refractivity contribution in [3.63, 3.8) is 0 Å². The molecule has 1 N–H and O–H groups in total. The van der Waals surface area contributed by atoms with Crippen LogP contribution in [-0.2, 0) is 0 Å². The number of alkyl halides is 1. The molecule has 0 spiro atoms. The lowest BCUT2D eigenvalue weighted by molar-refractivity contribution is 0.0910. The van der Waals surface area contributed by atoms with Crippen LogP contribution in [0.15, 0.2) is 24.3 Å². The predicted molar refractivity (Wildman–Crippen MR) is 68.9 cm³/mol. The molecule has 1 aliphatic rings. The van der Waals surface area contributed by atoms with Gasteiger partial charge < -0.3 is 5.32 Å². The number of benzene rings is 1. The summed E-state index contributed by atoms with van der Waals surface area (Å²) in [6.45, 7) is 0. The fourth-order valence-corrected chi connectivity index (χ4v) is 2.96. The van der Waals surface area contributed by atoms with Crippen LogP contribution in [0.1, 0.15) is 36.0 Å². The van der Waals surface area contributed by atoms with E-state index >= 15 is 0 Å². The number of rotatable bonds is 3. The lowest BCUT2D eigenvalue weighted by Gasteiger charge is -2.28. The van der Waals surface area contributed by atoms with Crippen molar-refractivity contribution >= 4 is 21.8 Å². The first-order valence-electron chi connectivity index (χ1n) is 5.79. The van der Waals surface area contributed by atoms with Gasteiger partial charge in [-0.05, 0) is 37.1 Å². The van der Waals surface area contributed by atoms with Crippen molar-refractivity contribution in [2.24, 2.45) is 0 Å². The van der Waals surface area contributed by atoms with E-state index in [1.165, 1.54) is 24.3 Å². The molecule has 1 amide bonds. The van der Waals surface area contributed by atoms with Crippen LogP contribution in [0.5, 0.6) is 0 Å². The minimum Gasteiger partial charge on any atom is -0.346 e. The highest BCUT2D eigenvalue weighted by molar-refractivity contribution is 9.09. The van der Waals surface area contributed by atoms with Gasteiger partial charge in [0, 0.05) is 10.9 Å². The van der Waals surface area contributed by atoms with Gasteiger partial charge in [-0.1, -0.05) is 28.8 Å². The Balaban J connectivity index is 2.08. The molecule has 92 valence electrons. The Labute approximate surface area is 109 Å². The molecular formula is C13H15BrFNO. The summed E-state index contributed by atoms with van der Waals surface area (Å²) < 4.78 is 12.8. The Bertz CT molecular complexity index is 398. The maximum Gasteiger partial charge on any atom is 0.251 e. The molecule has 2 nitrogen and oxygen atoms in total. The van der Waals surface area contributed by atoms with Crippen LogP contribution in [0.25, 0.3) is 0 Å². The van der Waals surface area contributed by atoms with Crippen molar-refractivity contribution in [1.29, 1.82) is 0 Å². The first-order chi connectivity index (χ1) is 8.15. The molecule has 1 aromatic carbocycles. The molecule has 0 radical (unpaired) electrons. The summed E-state index contributed by atoms with van der Waals surface area (Å²) in [5.74, 6) is -0.441. The number of halogens is 2. The second-order valence-electron chi connectivity index (χ2n) is 4.58. The van der Waals surface area contributed by atoms with Gasteiger partial charge in [-0.15, -0.1) is 0 Å². The molecule has 17 heavy (non-hydrogen) atoms. The third-order valence-corrected chi connectivity index (χ3v) is 4.37. The Kier molecular flexibility index (Phi) is 3.82. The molecule has 1 aromatic rings. The highest BCUT2D eigenvalue weighted by Crippen LogP contribution is 2.31. The van der Waals surface area contributed by atoms with E-state index in [1.807, 2.05) is 0 Å². The van der Waals surface area contributed by atoms with E-state index < -0.39 is 0 Å². The molecule has 0 saturated heterocycles. The van der Waals surface area contributed by atoms with Crippen molar-refractivity contribution in [1.82, 2.24) is 5.32 Å². The number of hydrogen-bond donors (Lipinski definition) is 1. The average molecular weight is 300 g/mol. The van der Waals surface area contributed by atoms with Crippen LogP contribution in [0.3, 0.4) is 0 Å². The molecule has 0 atom stereocenters. The molecule has 1 fully saturated rings. The third kappa shape index (κ3) is 2.86. The molecule has 1 aliphatic carbocycles. The summed E-state index contributed by atoms with van der Waals surface area (Å²) in [5.41, 5.74) is 0.393. The summed E-state index contributed by atoms with van der Waals surface area (Å²) in [4.78, 5) is 12.0. The number of carbonyl (C=O) groups is 1. The summed E-state index contributed by atoms with van der Waals surface area (Å²) in [5, 5.41) is 3.84. The second-order valence-corrected chi connectivity index (χ2v) is 5.14. The number of hydrogen-bond acceptors (Lipinski definition) is 1. The highest BCUT2D eigenvalue weighted by Gasteiger charge is 2.34. The van der Waals surface area contributed by atoms with Gasteiger partial charge in [0.2, 0.25) is 0 Å². The average Bonchev–Trinajstić information content (AvgIpc) is 2.79. The summed E-state index contributed by atoms with van der Waals surface area (Å²) in [7, 11) is 0. The molecule has 0 unspecified atom stereocenters. The van der Waals surface area contributed by atoms with Crippen LogP contribution >= 0.6 is 15.9 Å². The third-order valence-electron chi connectivity index (χ3n) is 3.30. The quantitative estimate of drug-likeness (QED) is 0.853. The first-order valence-corrected chi connectivity index (χ1v) is 6.91.